The van der Waals surface area contributed by atoms with E-state index < -0.39 is 0 Å². The van der Waals surface area contributed by atoms with Crippen molar-refractivity contribution in [3.63, 3.8) is 0 Å². The predicted molar refractivity (Wildman–Crippen MR) is 37.5 cm³/mol. The smallest absolute Gasteiger partial charge is 0.0580 e. The Bertz CT molecular complexity index is 127. The molecule has 3 N–H and O–H groups in total. The summed E-state index contributed by atoms with van der Waals surface area (Å²) >= 11 is 0. The molecule has 49 valence electrons. The minimum Gasteiger partial charge on any atom is -0.377 e. The topological polar surface area (TPSA) is 38.0 Å². The van der Waals surface area contributed by atoms with Crippen LogP contribution in [0.1, 0.15) is 6.42 Å². The molecule has 9 heavy (non-hydrogen) atoms. The van der Waals surface area contributed by atoms with Crippen LogP contribution in [-0.2, 0) is 0 Å². The molecule has 0 bridgehead atoms. The molecule has 0 aromatic heterocycles. The maximum Gasteiger partial charge on any atom is 0.0580 e. The first kappa shape index (κ1) is 6.36. The van der Waals surface area contributed by atoms with Crippen LogP contribution in [0.15, 0.2) is 18.2 Å². The van der Waals surface area contributed by atoms with Crippen molar-refractivity contribution in [3.8, 4) is 0 Å². The summed E-state index contributed by atoms with van der Waals surface area (Å²) in [4.78, 5) is 0. The van der Waals surface area contributed by atoms with Crippen molar-refractivity contribution in [1.29, 1.82) is 0 Å². The van der Waals surface area contributed by atoms with E-state index in [0.717, 1.165) is 13.0 Å². The lowest BCUT2D eigenvalue weighted by atomic mass is 10.1. The summed E-state index contributed by atoms with van der Waals surface area (Å²) in [5, 5.41) is 3.05. The molecule has 2 nitrogen and oxygen atoms in total. The number of rotatable bonds is 2. The Hall–Kier alpha value is -0.760. The molecule has 1 atom stereocenters. The second-order valence-electron chi connectivity index (χ2n) is 2.02. The Kier molecular flexibility index (Phi) is 2.33. The van der Waals surface area contributed by atoms with Gasteiger partial charge in [-0.2, -0.15) is 0 Å². The summed E-state index contributed by atoms with van der Waals surface area (Å²) in [5.74, 6) is 0. The lowest BCUT2D eigenvalue weighted by Crippen LogP contribution is -2.26. The molecule has 1 unspecified atom stereocenters. The maximum atomic E-state index is 5.35. The molecule has 0 aromatic carbocycles. The molecule has 0 aromatic rings. The zero-order chi connectivity index (χ0) is 6.53. The molecule has 1 rings (SSSR count). The van der Waals surface area contributed by atoms with Gasteiger partial charge in [-0.05, 0) is 19.0 Å². The maximum absolute atomic E-state index is 5.35. The average Bonchev–Trinajstić information content (AvgIpc) is 1.91. The number of dihydropyridines is 1. The van der Waals surface area contributed by atoms with Gasteiger partial charge in [-0.15, -0.1) is 0 Å². The van der Waals surface area contributed by atoms with Gasteiger partial charge >= 0.3 is 0 Å². The first-order valence-electron chi connectivity index (χ1n) is 3.14. The Morgan fingerprint density at radius 1 is 1.67 bits per heavy atom. The monoisotopic (exact) mass is 123 g/mol. The molecule has 2 heteroatoms. The van der Waals surface area contributed by atoms with Gasteiger partial charge < -0.3 is 11.1 Å². The summed E-state index contributed by atoms with van der Waals surface area (Å²) in [7, 11) is 0. The molecular weight excluding hydrogens is 112 g/mol. The van der Waals surface area contributed by atoms with Crippen molar-refractivity contribution in [2.45, 2.75) is 12.5 Å². The standard InChI is InChI=1S/C7H11N2/c8-5-4-7-3-1-2-6-9-7/h1-3,7,9H,4-5,8H2. The van der Waals surface area contributed by atoms with E-state index >= 15 is 0 Å². The molecule has 0 aliphatic carbocycles. The highest BCUT2D eigenvalue weighted by molar-refractivity contribution is 5.08. The molecule has 0 saturated heterocycles. The number of nitrogens with one attached hydrogen (secondary N) is 1. The third kappa shape index (κ3) is 1.90. The molecular formula is C7H11N2. The van der Waals surface area contributed by atoms with Gasteiger partial charge in [0.2, 0.25) is 0 Å². The highest BCUT2D eigenvalue weighted by atomic mass is 14.9. The van der Waals surface area contributed by atoms with Crippen LogP contribution in [-0.4, -0.2) is 12.6 Å². The van der Waals surface area contributed by atoms with E-state index in [1.165, 1.54) is 0 Å². The molecule has 0 saturated carbocycles. The highest BCUT2D eigenvalue weighted by Gasteiger charge is 2.00. The molecule has 1 aliphatic rings. The van der Waals surface area contributed by atoms with E-state index in [1.807, 2.05) is 12.2 Å². The predicted octanol–water partition coefficient (Wildman–Crippen LogP) is 0.180. The summed E-state index contributed by atoms with van der Waals surface area (Å²) in [5.41, 5.74) is 5.35. The van der Waals surface area contributed by atoms with Crippen LogP contribution in [0.4, 0.5) is 0 Å². The van der Waals surface area contributed by atoms with Crippen LogP contribution < -0.4 is 11.1 Å². The van der Waals surface area contributed by atoms with Gasteiger partial charge in [-0.1, -0.05) is 12.2 Å². The molecule has 0 fully saturated rings. The third-order valence-electron chi connectivity index (χ3n) is 1.27. The van der Waals surface area contributed by atoms with E-state index in [-0.39, 0.29) is 0 Å². The number of hydrogen-bond acceptors (Lipinski definition) is 2. The van der Waals surface area contributed by atoms with Gasteiger partial charge in [0.25, 0.3) is 0 Å². The Labute approximate surface area is 55.4 Å². The molecule has 1 heterocycles. The fourth-order valence-corrected chi connectivity index (χ4v) is 0.789. The minimum atomic E-state index is 0.403. The molecule has 1 aliphatic heterocycles. The van der Waals surface area contributed by atoms with Gasteiger partial charge in [-0.3, -0.25) is 0 Å². The second kappa shape index (κ2) is 3.30. The molecule has 1 radical (unpaired) electrons. The van der Waals surface area contributed by atoms with Gasteiger partial charge in [-0.25, -0.2) is 0 Å². The lowest BCUT2D eigenvalue weighted by molar-refractivity contribution is 0.630. The van der Waals surface area contributed by atoms with Crippen LogP contribution >= 0.6 is 0 Å². The van der Waals surface area contributed by atoms with Crippen molar-refractivity contribution in [2.24, 2.45) is 5.73 Å². The normalized spacial score (nSPS) is 23.9. The van der Waals surface area contributed by atoms with Gasteiger partial charge in [0, 0.05) is 6.04 Å². The van der Waals surface area contributed by atoms with Crippen molar-refractivity contribution in [1.82, 2.24) is 5.32 Å². The Morgan fingerprint density at radius 3 is 3.11 bits per heavy atom. The van der Waals surface area contributed by atoms with Gasteiger partial charge in [0.15, 0.2) is 0 Å². The fraction of sp³-hybridized carbons (Fsp3) is 0.429. The van der Waals surface area contributed by atoms with E-state index in [4.69, 9.17) is 5.73 Å². The van der Waals surface area contributed by atoms with Crippen molar-refractivity contribution in [3.05, 3.63) is 24.4 Å². The van der Waals surface area contributed by atoms with Gasteiger partial charge in [0.05, 0.1) is 6.20 Å². The van der Waals surface area contributed by atoms with E-state index in [1.54, 1.807) is 0 Å². The summed E-state index contributed by atoms with van der Waals surface area (Å²) < 4.78 is 0. The molecule has 0 amide bonds. The van der Waals surface area contributed by atoms with Crippen LogP contribution in [0.25, 0.3) is 0 Å². The van der Waals surface area contributed by atoms with Crippen molar-refractivity contribution < 1.29 is 0 Å². The first-order chi connectivity index (χ1) is 4.43. The summed E-state index contributed by atoms with van der Waals surface area (Å²) in [6.45, 7) is 0.726. The zero-order valence-corrected chi connectivity index (χ0v) is 5.30. The first-order valence-corrected chi connectivity index (χ1v) is 3.14. The van der Waals surface area contributed by atoms with Crippen LogP contribution in [0.3, 0.4) is 0 Å². The summed E-state index contributed by atoms with van der Waals surface area (Å²) in [6.07, 6.45) is 9.81. The van der Waals surface area contributed by atoms with Gasteiger partial charge in [0.1, 0.15) is 0 Å². The van der Waals surface area contributed by atoms with Crippen molar-refractivity contribution in [2.75, 3.05) is 6.54 Å². The van der Waals surface area contributed by atoms with E-state index in [0.29, 0.717) is 6.04 Å². The van der Waals surface area contributed by atoms with E-state index in [2.05, 4.69) is 17.6 Å². The average molecular weight is 123 g/mol. The third-order valence-corrected chi connectivity index (χ3v) is 1.27. The minimum absolute atomic E-state index is 0.403. The van der Waals surface area contributed by atoms with E-state index in [9.17, 15) is 0 Å². The Balaban J connectivity index is 2.28. The lowest BCUT2D eigenvalue weighted by Gasteiger charge is -2.12. The quantitative estimate of drug-likeness (QED) is 0.549. The Morgan fingerprint density at radius 2 is 2.56 bits per heavy atom. The summed E-state index contributed by atoms with van der Waals surface area (Å²) in [6, 6.07) is 0.403. The number of allylic oxidation sites excluding steroid dienone is 2. The van der Waals surface area contributed by atoms with Crippen molar-refractivity contribution >= 4 is 0 Å². The SMILES string of the molecule is NCCC1C=CC=[C]N1. The van der Waals surface area contributed by atoms with Crippen LogP contribution in [0.5, 0.6) is 0 Å². The van der Waals surface area contributed by atoms with Crippen LogP contribution in [0.2, 0.25) is 0 Å². The van der Waals surface area contributed by atoms with Crippen LogP contribution in [0, 0.1) is 6.20 Å². The zero-order valence-electron chi connectivity index (χ0n) is 5.30. The number of hydrogen-bond donors (Lipinski definition) is 2. The largest absolute Gasteiger partial charge is 0.377 e. The highest BCUT2D eigenvalue weighted by Crippen LogP contribution is 1.96. The molecule has 0 spiro atoms. The fourth-order valence-electron chi connectivity index (χ4n) is 0.789. The number of nitrogens with two attached hydrogens (primary N) is 1. The second-order valence-corrected chi connectivity index (χ2v) is 2.02.